The van der Waals surface area contributed by atoms with E-state index in [4.69, 9.17) is 9.52 Å². The van der Waals surface area contributed by atoms with E-state index < -0.39 is 23.2 Å². The topological polar surface area (TPSA) is 92.4 Å². The molecule has 0 saturated heterocycles. The third-order valence-electron chi connectivity index (χ3n) is 3.74. The molecule has 6 nitrogen and oxygen atoms in total. The smallest absolute Gasteiger partial charge is 0.307 e. The first-order valence-corrected chi connectivity index (χ1v) is 6.20. The van der Waals surface area contributed by atoms with Crippen molar-refractivity contribution in [3.8, 4) is 0 Å². The summed E-state index contributed by atoms with van der Waals surface area (Å²) in [6.07, 6.45) is 1.58. The fourth-order valence-electron chi connectivity index (χ4n) is 2.53. The molecule has 0 radical (unpaired) electrons. The van der Waals surface area contributed by atoms with Gasteiger partial charge in [0.2, 0.25) is 11.8 Å². The number of aliphatic carboxylic acids is 1. The van der Waals surface area contributed by atoms with Crippen LogP contribution in [0.1, 0.15) is 38.5 Å². The molecule has 1 heterocycles. The molecule has 1 saturated carbocycles. The van der Waals surface area contributed by atoms with Gasteiger partial charge in [0.05, 0.1) is 18.0 Å². The highest BCUT2D eigenvalue weighted by Gasteiger charge is 2.66. The highest BCUT2D eigenvalue weighted by molar-refractivity contribution is 5.91. The number of carbonyl (C=O) groups excluding carboxylic acids is 1. The van der Waals surface area contributed by atoms with E-state index in [1.54, 1.807) is 33.9 Å². The summed E-state index contributed by atoms with van der Waals surface area (Å²) in [7, 11) is 0. The SMILES string of the molecule is Cc1cnc(C(C)NC(=O)[C@H]2[C@@H](C(=O)O)C2(C)C)o1. The number of nitrogens with zero attached hydrogens (tertiary/aromatic N) is 1. The second-order valence-corrected chi connectivity index (χ2v) is 5.65. The fourth-order valence-corrected chi connectivity index (χ4v) is 2.53. The van der Waals surface area contributed by atoms with Crippen molar-refractivity contribution >= 4 is 11.9 Å². The minimum atomic E-state index is -0.926. The van der Waals surface area contributed by atoms with Crippen LogP contribution >= 0.6 is 0 Å². The van der Waals surface area contributed by atoms with Crippen LogP contribution in [0.2, 0.25) is 0 Å². The Labute approximate surface area is 111 Å². The Hall–Kier alpha value is -1.85. The molecular weight excluding hydrogens is 248 g/mol. The lowest BCUT2D eigenvalue weighted by Crippen LogP contribution is -2.30. The molecule has 1 aromatic heterocycles. The van der Waals surface area contributed by atoms with Crippen LogP contribution in [0.4, 0.5) is 0 Å². The molecule has 1 aliphatic rings. The molecule has 1 fully saturated rings. The number of carbonyl (C=O) groups is 2. The highest BCUT2D eigenvalue weighted by Crippen LogP contribution is 2.58. The number of oxazole rings is 1. The van der Waals surface area contributed by atoms with Crippen molar-refractivity contribution in [3.05, 3.63) is 17.8 Å². The van der Waals surface area contributed by atoms with Gasteiger partial charge in [-0.05, 0) is 19.3 Å². The van der Waals surface area contributed by atoms with E-state index in [9.17, 15) is 9.59 Å². The fraction of sp³-hybridized carbons (Fsp3) is 0.615. The number of nitrogens with one attached hydrogen (secondary N) is 1. The molecule has 2 N–H and O–H groups in total. The standard InChI is InChI=1S/C13H18N2O4/c1-6-5-14-11(19-6)7(2)15-10(16)8-9(12(17)18)13(8,3)4/h5,7-9H,1-4H3,(H,15,16)(H,17,18)/t7?,8-,9+/m1/s1. The van der Waals surface area contributed by atoms with Crippen molar-refractivity contribution in [2.75, 3.05) is 0 Å². The Bertz CT molecular complexity index is 520. The second kappa shape index (κ2) is 4.36. The second-order valence-electron chi connectivity index (χ2n) is 5.65. The summed E-state index contributed by atoms with van der Waals surface area (Å²) in [5.41, 5.74) is -0.498. The van der Waals surface area contributed by atoms with Crippen molar-refractivity contribution in [1.82, 2.24) is 10.3 Å². The largest absolute Gasteiger partial charge is 0.481 e. The lowest BCUT2D eigenvalue weighted by atomic mass is 10.1. The number of carboxylic acids is 1. The Kier molecular flexibility index (Phi) is 3.12. The van der Waals surface area contributed by atoms with E-state index in [1.807, 2.05) is 0 Å². The number of aromatic nitrogens is 1. The maximum atomic E-state index is 12.1. The molecular formula is C13H18N2O4. The summed E-state index contributed by atoms with van der Waals surface area (Å²) in [5, 5.41) is 11.8. The van der Waals surface area contributed by atoms with Gasteiger partial charge in [0.1, 0.15) is 11.8 Å². The molecule has 0 bridgehead atoms. The normalized spacial score (nSPS) is 25.7. The lowest BCUT2D eigenvalue weighted by molar-refractivity contribution is -0.140. The first kappa shape index (κ1) is 13.6. The lowest BCUT2D eigenvalue weighted by Gasteiger charge is -2.11. The van der Waals surface area contributed by atoms with E-state index >= 15 is 0 Å². The number of aryl methyl sites for hydroxylation is 1. The Morgan fingerprint density at radius 1 is 1.47 bits per heavy atom. The zero-order valence-corrected chi connectivity index (χ0v) is 11.4. The number of amides is 1. The van der Waals surface area contributed by atoms with Crippen LogP contribution in [0.3, 0.4) is 0 Å². The summed E-state index contributed by atoms with van der Waals surface area (Å²) in [5.74, 6) is -1.21. The predicted molar refractivity (Wildman–Crippen MR) is 66.2 cm³/mol. The molecule has 0 spiro atoms. The molecule has 6 heteroatoms. The van der Waals surface area contributed by atoms with Crippen LogP contribution in [0.5, 0.6) is 0 Å². The predicted octanol–water partition coefficient (Wildman–Crippen LogP) is 1.52. The Morgan fingerprint density at radius 3 is 2.53 bits per heavy atom. The van der Waals surface area contributed by atoms with Crippen molar-refractivity contribution in [1.29, 1.82) is 0 Å². The number of hydrogen-bond donors (Lipinski definition) is 2. The van der Waals surface area contributed by atoms with Crippen LogP contribution in [0.25, 0.3) is 0 Å². The van der Waals surface area contributed by atoms with Gasteiger partial charge in [-0.15, -0.1) is 0 Å². The van der Waals surface area contributed by atoms with Crippen LogP contribution in [0, 0.1) is 24.2 Å². The van der Waals surface area contributed by atoms with Gasteiger partial charge >= 0.3 is 5.97 Å². The van der Waals surface area contributed by atoms with Gasteiger partial charge < -0.3 is 14.8 Å². The third kappa shape index (κ3) is 2.34. The molecule has 1 unspecified atom stereocenters. The van der Waals surface area contributed by atoms with Crippen LogP contribution in [-0.2, 0) is 9.59 Å². The van der Waals surface area contributed by atoms with Gasteiger partial charge in [-0.1, -0.05) is 13.8 Å². The maximum Gasteiger partial charge on any atom is 0.307 e. The molecule has 19 heavy (non-hydrogen) atoms. The molecule has 1 amide bonds. The minimum Gasteiger partial charge on any atom is -0.481 e. The minimum absolute atomic E-state index is 0.263. The van der Waals surface area contributed by atoms with Gasteiger partial charge in [-0.3, -0.25) is 9.59 Å². The van der Waals surface area contributed by atoms with E-state index in [0.717, 1.165) is 0 Å². The Morgan fingerprint density at radius 2 is 2.11 bits per heavy atom. The van der Waals surface area contributed by atoms with E-state index in [0.29, 0.717) is 11.7 Å². The molecule has 104 valence electrons. The van der Waals surface area contributed by atoms with Crippen LogP contribution in [-0.4, -0.2) is 22.0 Å². The van der Waals surface area contributed by atoms with E-state index in [1.165, 1.54) is 0 Å². The van der Waals surface area contributed by atoms with Gasteiger partial charge in [-0.25, -0.2) is 4.98 Å². The summed E-state index contributed by atoms with van der Waals surface area (Å²) in [4.78, 5) is 27.2. The highest BCUT2D eigenvalue weighted by atomic mass is 16.4. The maximum absolute atomic E-state index is 12.1. The molecule has 0 aromatic carbocycles. The zero-order valence-electron chi connectivity index (χ0n) is 11.4. The first-order valence-electron chi connectivity index (χ1n) is 6.20. The van der Waals surface area contributed by atoms with Gasteiger partial charge in [0, 0.05) is 0 Å². The summed E-state index contributed by atoms with van der Waals surface area (Å²) in [6.45, 7) is 7.11. The van der Waals surface area contributed by atoms with Crippen LogP contribution in [0.15, 0.2) is 10.6 Å². The summed E-state index contributed by atoms with van der Waals surface area (Å²) in [6, 6.07) is -0.368. The van der Waals surface area contributed by atoms with E-state index in [-0.39, 0.29) is 11.9 Å². The van der Waals surface area contributed by atoms with Crippen molar-refractivity contribution < 1.29 is 19.1 Å². The average molecular weight is 266 g/mol. The third-order valence-corrected chi connectivity index (χ3v) is 3.74. The van der Waals surface area contributed by atoms with E-state index in [2.05, 4.69) is 10.3 Å². The van der Waals surface area contributed by atoms with Crippen molar-refractivity contribution in [2.45, 2.75) is 33.7 Å². The summed E-state index contributed by atoms with van der Waals surface area (Å²) < 4.78 is 5.33. The van der Waals surface area contributed by atoms with Gasteiger partial charge in [0.15, 0.2) is 0 Å². The molecule has 0 aliphatic heterocycles. The molecule has 1 aromatic rings. The molecule has 1 aliphatic carbocycles. The number of rotatable bonds is 4. The van der Waals surface area contributed by atoms with Gasteiger partial charge in [-0.2, -0.15) is 0 Å². The Balaban J connectivity index is 2.01. The monoisotopic (exact) mass is 266 g/mol. The van der Waals surface area contributed by atoms with Gasteiger partial charge in [0.25, 0.3) is 0 Å². The van der Waals surface area contributed by atoms with Crippen molar-refractivity contribution in [3.63, 3.8) is 0 Å². The van der Waals surface area contributed by atoms with Crippen LogP contribution < -0.4 is 5.32 Å². The first-order chi connectivity index (χ1) is 8.75. The summed E-state index contributed by atoms with van der Waals surface area (Å²) >= 11 is 0. The molecule has 3 atom stereocenters. The quantitative estimate of drug-likeness (QED) is 0.861. The zero-order chi connectivity index (χ0) is 14.4. The van der Waals surface area contributed by atoms with Crippen molar-refractivity contribution in [2.24, 2.45) is 17.3 Å². The number of hydrogen-bond acceptors (Lipinski definition) is 4. The average Bonchev–Trinajstić information content (AvgIpc) is 2.65. The number of carboxylic acid groups (broad SMARTS) is 1. The molecule has 2 rings (SSSR count).